The second-order valence-corrected chi connectivity index (χ2v) is 4.65. The molecule has 20 heavy (non-hydrogen) atoms. The average molecular weight is 299 g/mol. The topological polar surface area (TPSA) is 45.8 Å². The van der Waals surface area contributed by atoms with Gasteiger partial charge in [-0.3, -0.25) is 4.79 Å². The van der Waals surface area contributed by atoms with Crippen molar-refractivity contribution in [2.75, 3.05) is 0 Å². The van der Waals surface area contributed by atoms with Gasteiger partial charge < -0.3 is 4.98 Å². The van der Waals surface area contributed by atoms with E-state index in [9.17, 15) is 18.0 Å². The molecule has 1 aromatic carbocycles. The Morgan fingerprint density at radius 2 is 1.90 bits per heavy atom. The minimum atomic E-state index is -4.61. The lowest BCUT2D eigenvalue weighted by Gasteiger charge is -2.13. The van der Waals surface area contributed by atoms with Gasteiger partial charge in [0.1, 0.15) is 5.52 Å². The number of H-pyrrole nitrogens is 1. The van der Waals surface area contributed by atoms with Crippen LogP contribution in [0, 0.1) is 0 Å². The van der Waals surface area contributed by atoms with Gasteiger partial charge in [0.05, 0.1) is 11.1 Å². The zero-order valence-electron chi connectivity index (χ0n) is 9.75. The minimum absolute atomic E-state index is 0.0749. The molecule has 0 saturated heterocycles. The summed E-state index contributed by atoms with van der Waals surface area (Å²) in [6.45, 7) is 0. The number of fused-ring (bicyclic) bond motifs is 2. The molecular formula is C13H6ClF3N2O. The largest absolute Gasteiger partial charge is 0.417 e. The van der Waals surface area contributed by atoms with E-state index in [2.05, 4.69) is 9.97 Å². The summed E-state index contributed by atoms with van der Waals surface area (Å²) < 4.78 is 40.0. The maximum atomic E-state index is 13.3. The molecule has 2 heterocycles. The van der Waals surface area contributed by atoms with Crippen LogP contribution in [0.4, 0.5) is 13.2 Å². The number of aromatic nitrogens is 2. The summed E-state index contributed by atoms with van der Waals surface area (Å²) in [5.74, 6) is 0. The first-order valence-corrected chi connectivity index (χ1v) is 5.93. The fourth-order valence-corrected chi connectivity index (χ4v) is 2.33. The maximum absolute atomic E-state index is 13.3. The van der Waals surface area contributed by atoms with Crippen LogP contribution in [-0.4, -0.2) is 9.97 Å². The highest BCUT2D eigenvalue weighted by atomic mass is 35.5. The van der Waals surface area contributed by atoms with Gasteiger partial charge in [-0.25, -0.2) is 4.98 Å². The van der Waals surface area contributed by atoms with Gasteiger partial charge in [-0.2, -0.15) is 13.2 Å². The van der Waals surface area contributed by atoms with Crippen molar-refractivity contribution >= 4 is 33.4 Å². The van der Waals surface area contributed by atoms with Crippen LogP contribution in [0.1, 0.15) is 5.56 Å². The summed E-state index contributed by atoms with van der Waals surface area (Å²) in [6.07, 6.45) is -3.45. The van der Waals surface area contributed by atoms with Crippen LogP contribution in [-0.2, 0) is 6.18 Å². The zero-order chi connectivity index (χ0) is 14.5. The summed E-state index contributed by atoms with van der Waals surface area (Å²) in [5, 5.41) is -0.187. The molecule has 0 radical (unpaired) electrons. The summed E-state index contributed by atoms with van der Waals surface area (Å²) in [6, 6.07) is 5.18. The normalized spacial score (nSPS) is 12.2. The lowest BCUT2D eigenvalue weighted by molar-refractivity contribution is -0.135. The molecule has 102 valence electrons. The van der Waals surface area contributed by atoms with E-state index in [4.69, 9.17) is 11.6 Å². The SMILES string of the molecule is O=c1[nH]ccc2c(C(F)(F)F)c3cc(Cl)ccc3nc12. The highest BCUT2D eigenvalue weighted by molar-refractivity contribution is 6.31. The van der Waals surface area contributed by atoms with Crippen molar-refractivity contribution in [2.45, 2.75) is 6.18 Å². The summed E-state index contributed by atoms with van der Waals surface area (Å²) in [4.78, 5) is 18.0. The monoisotopic (exact) mass is 298 g/mol. The lowest BCUT2D eigenvalue weighted by Crippen LogP contribution is -2.13. The number of nitrogens with zero attached hydrogens (tertiary/aromatic N) is 1. The first-order valence-electron chi connectivity index (χ1n) is 5.56. The van der Waals surface area contributed by atoms with Crippen LogP contribution >= 0.6 is 11.6 Å². The number of nitrogens with one attached hydrogen (secondary N) is 1. The summed E-state index contributed by atoms with van der Waals surface area (Å²) >= 11 is 5.76. The van der Waals surface area contributed by atoms with Crippen LogP contribution in [0.2, 0.25) is 5.02 Å². The number of hydrogen-bond donors (Lipinski definition) is 1. The van der Waals surface area contributed by atoms with Crippen molar-refractivity contribution in [3.05, 3.63) is 51.4 Å². The molecule has 0 unspecified atom stereocenters. The third-order valence-electron chi connectivity index (χ3n) is 2.95. The predicted octanol–water partition coefficient (Wildman–Crippen LogP) is 3.75. The summed E-state index contributed by atoms with van der Waals surface area (Å²) in [5.41, 5.74) is -1.73. The Morgan fingerprint density at radius 3 is 2.60 bits per heavy atom. The van der Waals surface area contributed by atoms with Gasteiger partial charge in [0, 0.05) is 22.0 Å². The molecule has 0 fully saturated rings. The van der Waals surface area contributed by atoms with Crippen LogP contribution in [0.15, 0.2) is 35.3 Å². The van der Waals surface area contributed by atoms with Gasteiger partial charge in [-0.05, 0) is 24.3 Å². The summed E-state index contributed by atoms with van der Waals surface area (Å²) in [7, 11) is 0. The van der Waals surface area contributed by atoms with E-state index in [1.54, 1.807) is 0 Å². The second kappa shape index (κ2) is 4.21. The van der Waals surface area contributed by atoms with Gasteiger partial charge in [0.15, 0.2) is 0 Å². The quantitative estimate of drug-likeness (QED) is 0.643. The van der Waals surface area contributed by atoms with Crippen molar-refractivity contribution in [3.8, 4) is 0 Å². The van der Waals surface area contributed by atoms with Crippen molar-refractivity contribution in [3.63, 3.8) is 0 Å². The van der Waals surface area contributed by atoms with Crippen molar-refractivity contribution < 1.29 is 13.2 Å². The van der Waals surface area contributed by atoms with Crippen LogP contribution in [0.3, 0.4) is 0 Å². The van der Waals surface area contributed by atoms with Crippen LogP contribution < -0.4 is 5.56 Å². The third kappa shape index (κ3) is 1.92. The van der Waals surface area contributed by atoms with Gasteiger partial charge in [-0.15, -0.1) is 0 Å². The highest BCUT2D eigenvalue weighted by Gasteiger charge is 2.35. The van der Waals surface area contributed by atoms with E-state index in [1.165, 1.54) is 24.3 Å². The predicted molar refractivity (Wildman–Crippen MR) is 69.9 cm³/mol. The first kappa shape index (κ1) is 12.9. The van der Waals surface area contributed by atoms with E-state index < -0.39 is 17.3 Å². The van der Waals surface area contributed by atoms with Gasteiger partial charge in [-0.1, -0.05) is 11.6 Å². The van der Waals surface area contributed by atoms with Crippen LogP contribution in [0.25, 0.3) is 21.8 Å². The number of aromatic amines is 1. The molecule has 2 aromatic heterocycles. The lowest BCUT2D eigenvalue weighted by atomic mass is 10.0. The molecule has 0 aliphatic rings. The molecule has 1 N–H and O–H groups in total. The van der Waals surface area contributed by atoms with Crippen molar-refractivity contribution in [1.82, 2.24) is 9.97 Å². The Bertz CT molecular complexity index is 886. The maximum Gasteiger partial charge on any atom is 0.417 e. The molecule has 0 saturated carbocycles. The molecule has 0 aliphatic carbocycles. The van der Waals surface area contributed by atoms with Crippen LogP contribution in [0.5, 0.6) is 0 Å². The molecule has 0 amide bonds. The van der Waals surface area contributed by atoms with Crippen molar-refractivity contribution in [1.29, 1.82) is 0 Å². The Kier molecular flexibility index (Phi) is 2.72. The minimum Gasteiger partial charge on any atom is -0.327 e. The Labute approximate surface area is 115 Å². The van der Waals surface area contributed by atoms with E-state index in [0.29, 0.717) is 0 Å². The number of rotatable bonds is 0. The Hall–Kier alpha value is -2.08. The van der Waals surface area contributed by atoms with E-state index in [-0.39, 0.29) is 26.8 Å². The third-order valence-corrected chi connectivity index (χ3v) is 3.18. The van der Waals surface area contributed by atoms with E-state index in [0.717, 1.165) is 6.20 Å². The number of alkyl halides is 3. The molecule has 0 aliphatic heterocycles. The van der Waals surface area contributed by atoms with E-state index >= 15 is 0 Å². The fourth-order valence-electron chi connectivity index (χ4n) is 2.16. The standard InChI is InChI=1S/C13H6ClF3N2O/c14-6-1-2-9-8(5-6)10(13(15,16)17)7-3-4-18-12(20)11(7)19-9/h1-5H,(H,18,20). The number of benzene rings is 1. The number of hydrogen-bond acceptors (Lipinski definition) is 2. The van der Waals surface area contributed by atoms with Gasteiger partial charge >= 0.3 is 6.18 Å². The fraction of sp³-hybridized carbons (Fsp3) is 0.0769. The van der Waals surface area contributed by atoms with Crippen molar-refractivity contribution in [2.24, 2.45) is 0 Å². The van der Waals surface area contributed by atoms with Gasteiger partial charge in [0.2, 0.25) is 0 Å². The average Bonchev–Trinajstić information content (AvgIpc) is 2.35. The number of halogens is 4. The zero-order valence-corrected chi connectivity index (χ0v) is 10.5. The first-order chi connectivity index (χ1) is 9.38. The Morgan fingerprint density at radius 1 is 1.15 bits per heavy atom. The van der Waals surface area contributed by atoms with Gasteiger partial charge in [0.25, 0.3) is 5.56 Å². The second-order valence-electron chi connectivity index (χ2n) is 4.22. The molecule has 0 bridgehead atoms. The molecule has 0 atom stereocenters. The molecule has 3 nitrogen and oxygen atoms in total. The van der Waals surface area contributed by atoms with E-state index in [1.807, 2.05) is 0 Å². The molecule has 3 rings (SSSR count). The molecular weight excluding hydrogens is 293 g/mol. The smallest absolute Gasteiger partial charge is 0.327 e. The molecule has 7 heteroatoms. The Balaban J connectivity index is 2.65. The highest BCUT2D eigenvalue weighted by Crippen LogP contribution is 2.39. The number of pyridine rings is 2. The molecule has 0 spiro atoms. The molecule has 3 aromatic rings.